The third-order valence-corrected chi connectivity index (χ3v) is 3.06. The van der Waals surface area contributed by atoms with E-state index < -0.39 is 0 Å². The van der Waals surface area contributed by atoms with E-state index >= 15 is 0 Å². The summed E-state index contributed by atoms with van der Waals surface area (Å²) in [5, 5.41) is 7.64. The highest BCUT2D eigenvalue weighted by atomic mass is 16.1. The number of carbonyl (C=O) groups excluding carboxylic acids is 1. The molecule has 1 aromatic carbocycles. The minimum atomic E-state index is -0.260. The number of aromatic nitrogens is 3. The molecule has 0 aliphatic heterocycles. The number of hydrogen-bond donors (Lipinski definition) is 3. The lowest BCUT2D eigenvalue weighted by Crippen LogP contribution is -2.15. The fourth-order valence-corrected chi connectivity index (χ4v) is 2.10. The third kappa shape index (κ3) is 2.54. The molecule has 0 spiro atoms. The lowest BCUT2D eigenvalue weighted by atomic mass is 10.1. The minimum Gasteiger partial charge on any atom is -0.308 e. The molecule has 0 aliphatic carbocycles. The second-order valence-electron chi connectivity index (χ2n) is 4.55. The van der Waals surface area contributed by atoms with Gasteiger partial charge < -0.3 is 10.7 Å². The van der Waals surface area contributed by atoms with Crippen molar-refractivity contribution in [2.24, 2.45) is 12.9 Å². The average Bonchev–Trinajstić information content (AvgIpc) is 2.91. The average molecular weight is 282 g/mol. The van der Waals surface area contributed by atoms with Crippen LogP contribution in [0.2, 0.25) is 0 Å². The maximum absolute atomic E-state index is 12.4. The highest BCUT2D eigenvalue weighted by Gasteiger charge is 2.13. The van der Waals surface area contributed by atoms with Gasteiger partial charge in [0, 0.05) is 24.7 Å². The van der Waals surface area contributed by atoms with Crippen LogP contribution in [0.15, 0.2) is 42.6 Å². The van der Waals surface area contributed by atoms with Gasteiger partial charge in [-0.1, -0.05) is 18.2 Å². The van der Waals surface area contributed by atoms with Gasteiger partial charge in [0.15, 0.2) is 5.82 Å². The quantitative estimate of drug-likeness (QED) is 0.499. The molecule has 4 N–H and O–H groups in total. The van der Waals surface area contributed by atoms with Crippen molar-refractivity contribution in [2.75, 3.05) is 10.7 Å². The first-order valence-corrected chi connectivity index (χ1v) is 6.35. The van der Waals surface area contributed by atoms with E-state index in [0.29, 0.717) is 22.7 Å². The lowest BCUT2D eigenvalue weighted by molar-refractivity contribution is 0.102. The third-order valence-electron chi connectivity index (χ3n) is 3.06. The van der Waals surface area contributed by atoms with E-state index in [1.807, 2.05) is 24.3 Å². The van der Waals surface area contributed by atoms with Crippen molar-refractivity contribution in [1.82, 2.24) is 14.8 Å². The SMILES string of the molecule is Cn1ccc(NC(=O)c2cc(NN)nc3ccccc23)n1. The van der Waals surface area contributed by atoms with Crippen LogP contribution in [0.1, 0.15) is 10.4 Å². The Bertz CT molecular complexity index is 810. The number of rotatable bonds is 3. The summed E-state index contributed by atoms with van der Waals surface area (Å²) in [5.74, 6) is 6.07. The molecule has 0 unspecified atom stereocenters. The van der Waals surface area contributed by atoms with Crippen LogP contribution in [-0.2, 0) is 7.05 Å². The topological polar surface area (TPSA) is 97.9 Å². The number of fused-ring (bicyclic) bond motifs is 1. The van der Waals surface area contributed by atoms with Crippen LogP contribution in [0, 0.1) is 0 Å². The molecule has 2 heterocycles. The van der Waals surface area contributed by atoms with Gasteiger partial charge in [-0.25, -0.2) is 10.8 Å². The Morgan fingerprint density at radius 3 is 2.76 bits per heavy atom. The normalized spacial score (nSPS) is 10.6. The van der Waals surface area contributed by atoms with Gasteiger partial charge in [0.25, 0.3) is 5.91 Å². The number of hydrazine groups is 1. The van der Waals surface area contributed by atoms with Crippen molar-refractivity contribution in [1.29, 1.82) is 0 Å². The Kier molecular flexibility index (Phi) is 3.25. The summed E-state index contributed by atoms with van der Waals surface area (Å²) in [6.07, 6.45) is 1.76. The predicted molar refractivity (Wildman–Crippen MR) is 80.7 cm³/mol. The van der Waals surface area contributed by atoms with E-state index in [-0.39, 0.29) is 5.91 Å². The number of nitrogen functional groups attached to an aromatic ring is 1. The second-order valence-corrected chi connectivity index (χ2v) is 4.55. The molecule has 21 heavy (non-hydrogen) atoms. The zero-order valence-electron chi connectivity index (χ0n) is 11.4. The van der Waals surface area contributed by atoms with Crippen molar-refractivity contribution < 1.29 is 4.79 Å². The summed E-state index contributed by atoms with van der Waals surface area (Å²) in [6, 6.07) is 10.7. The van der Waals surface area contributed by atoms with E-state index in [9.17, 15) is 4.79 Å². The number of anilines is 2. The Hall–Kier alpha value is -2.93. The van der Waals surface area contributed by atoms with Crippen LogP contribution in [0.25, 0.3) is 10.9 Å². The molecule has 3 rings (SSSR count). The molecule has 0 fully saturated rings. The summed E-state index contributed by atoms with van der Waals surface area (Å²) in [6.45, 7) is 0. The number of benzene rings is 1. The zero-order valence-corrected chi connectivity index (χ0v) is 11.4. The Balaban J connectivity index is 2.03. The number of aryl methyl sites for hydroxylation is 1. The fraction of sp³-hybridized carbons (Fsp3) is 0.0714. The smallest absolute Gasteiger partial charge is 0.257 e. The monoisotopic (exact) mass is 282 g/mol. The molecular weight excluding hydrogens is 268 g/mol. The van der Waals surface area contributed by atoms with Crippen LogP contribution in [0.3, 0.4) is 0 Å². The molecule has 0 aliphatic rings. The van der Waals surface area contributed by atoms with Gasteiger partial charge in [-0.15, -0.1) is 0 Å². The molecule has 0 saturated carbocycles. The Morgan fingerprint density at radius 2 is 2.05 bits per heavy atom. The summed E-state index contributed by atoms with van der Waals surface area (Å²) in [4.78, 5) is 16.8. The first-order chi connectivity index (χ1) is 10.2. The largest absolute Gasteiger partial charge is 0.308 e. The number of nitrogens with zero attached hydrogens (tertiary/aromatic N) is 3. The van der Waals surface area contributed by atoms with Crippen molar-refractivity contribution in [3.63, 3.8) is 0 Å². The minimum absolute atomic E-state index is 0.260. The number of nitrogens with one attached hydrogen (secondary N) is 2. The van der Waals surface area contributed by atoms with Crippen molar-refractivity contribution in [2.45, 2.75) is 0 Å². The molecule has 0 atom stereocenters. The molecule has 7 heteroatoms. The number of hydrogen-bond acceptors (Lipinski definition) is 5. The van der Waals surface area contributed by atoms with Gasteiger partial charge in [-0.3, -0.25) is 9.48 Å². The fourth-order valence-electron chi connectivity index (χ4n) is 2.10. The molecule has 0 saturated heterocycles. The van der Waals surface area contributed by atoms with Crippen LogP contribution in [0.4, 0.5) is 11.6 Å². The van der Waals surface area contributed by atoms with E-state index in [0.717, 1.165) is 5.39 Å². The van der Waals surface area contributed by atoms with Crippen LogP contribution in [-0.4, -0.2) is 20.7 Å². The maximum atomic E-state index is 12.4. The van der Waals surface area contributed by atoms with E-state index in [4.69, 9.17) is 5.84 Å². The molecule has 106 valence electrons. The van der Waals surface area contributed by atoms with Crippen LogP contribution in [0.5, 0.6) is 0 Å². The first kappa shape index (κ1) is 13.1. The number of carbonyl (C=O) groups is 1. The van der Waals surface area contributed by atoms with Crippen molar-refractivity contribution in [3.05, 3.63) is 48.2 Å². The Labute approximate surface area is 120 Å². The number of pyridine rings is 1. The predicted octanol–water partition coefficient (Wildman–Crippen LogP) is 1.51. The summed E-state index contributed by atoms with van der Waals surface area (Å²) >= 11 is 0. The molecule has 0 radical (unpaired) electrons. The van der Waals surface area contributed by atoms with E-state index in [1.54, 1.807) is 30.1 Å². The van der Waals surface area contributed by atoms with Crippen LogP contribution >= 0.6 is 0 Å². The highest BCUT2D eigenvalue weighted by molar-refractivity contribution is 6.12. The van der Waals surface area contributed by atoms with Gasteiger partial charge in [0.2, 0.25) is 0 Å². The summed E-state index contributed by atoms with van der Waals surface area (Å²) in [5.41, 5.74) is 3.65. The molecule has 7 nitrogen and oxygen atoms in total. The van der Waals surface area contributed by atoms with Crippen molar-refractivity contribution in [3.8, 4) is 0 Å². The van der Waals surface area contributed by atoms with Gasteiger partial charge in [-0.2, -0.15) is 5.10 Å². The molecule has 0 bridgehead atoms. The standard InChI is InChI=1S/C14H14N6O/c1-20-7-6-12(19-20)17-14(21)10-8-13(18-15)16-11-5-3-2-4-9(10)11/h2-8H,15H2,1H3,(H,16,18)(H,17,19,21). The first-order valence-electron chi connectivity index (χ1n) is 6.35. The molecule has 2 aromatic heterocycles. The highest BCUT2D eigenvalue weighted by Crippen LogP contribution is 2.21. The summed E-state index contributed by atoms with van der Waals surface area (Å²) < 4.78 is 1.62. The number of amides is 1. The van der Waals surface area contributed by atoms with Gasteiger partial charge in [-0.05, 0) is 12.1 Å². The lowest BCUT2D eigenvalue weighted by Gasteiger charge is -2.08. The molecular formula is C14H14N6O. The van der Waals surface area contributed by atoms with E-state index in [2.05, 4.69) is 20.8 Å². The molecule has 3 aromatic rings. The second kappa shape index (κ2) is 5.22. The zero-order chi connectivity index (χ0) is 14.8. The van der Waals surface area contributed by atoms with Gasteiger partial charge >= 0.3 is 0 Å². The van der Waals surface area contributed by atoms with E-state index in [1.165, 1.54) is 0 Å². The Morgan fingerprint density at radius 1 is 1.24 bits per heavy atom. The number of para-hydroxylation sites is 1. The van der Waals surface area contributed by atoms with Crippen molar-refractivity contribution >= 4 is 28.4 Å². The van der Waals surface area contributed by atoms with Crippen LogP contribution < -0.4 is 16.6 Å². The summed E-state index contributed by atoms with van der Waals surface area (Å²) in [7, 11) is 1.79. The molecule has 1 amide bonds. The number of nitrogens with two attached hydrogens (primary N) is 1. The maximum Gasteiger partial charge on any atom is 0.257 e. The van der Waals surface area contributed by atoms with Gasteiger partial charge in [0.1, 0.15) is 5.82 Å². The van der Waals surface area contributed by atoms with Gasteiger partial charge in [0.05, 0.1) is 11.1 Å².